The first-order valence-corrected chi connectivity index (χ1v) is 8.32. The van der Waals surface area contributed by atoms with Crippen molar-refractivity contribution in [3.63, 3.8) is 0 Å². The van der Waals surface area contributed by atoms with E-state index in [1.807, 2.05) is 24.3 Å². The summed E-state index contributed by atoms with van der Waals surface area (Å²) in [5.74, 6) is 1.52. The molecule has 1 atom stereocenters. The van der Waals surface area contributed by atoms with Gasteiger partial charge >= 0.3 is 0 Å². The third-order valence-corrected chi connectivity index (χ3v) is 4.28. The van der Waals surface area contributed by atoms with E-state index in [1.54, 1.807) is 7.11 Å². The number of hydrogen-bond donors (Lipinski definition) is 1. The van der Waals surface area contributed by atoms with E-state index in [-0.39, 0.29) is 5.69 Å². The number of morpholine rings is 1. The molecule has 132 valence electrons. The fraction of sp³-hybridized carbons (Fsp3) is 0.444. The van der Waals surface area contributed by atoms with Crippen molar-refractivity contribution in [3.8, 4) is 23.3 Å². The molecule has 7 nitrogen and oxygen atoms in total. The van der Waals surface area contributed by atoms with Crippen molar-refractivity contribution in [2.45, 2.75) is 13.0 Å². The summed E-state index contributed by atoms with van der Waals surface area (Å²) >= 11 is 0. The molecule has 0 saturated carbocycles. The second-order valence-electron chi connectivity index (χ2n) is 5.92. The third-order valence-electron chi connectivity index (χ3n) is 4.28. The number of nitrogens with zero attached hydrogens (tertiary/aromatic N) is 3. The largest absolute Gasteiger partial charge is 0.497 e. The monoisotopic (exact) mass is 342 g/mol. The van der Waals surface area contributed by atoms with Crippen LogP contribution in [0.2, 0.25) is 0 Å². The molecule has 1 aliphatic rings. The van der Waals surface area contributed by atoms with Crippen molar-refractivity contribution in [3.05, 3.63) is 30.0 Å². The molecule has 0 amide bonds. The van der Waals surface area contributed by atoms with Gasteiger partial charge in [-0.1, -0.05) is 6.07 Å². The lowest BCUT2D eigenvalue weighted by molar-refractivity contribution is 0.0226. The predicted molar refractivity (Wildman–Crippen MR) is 93.5 cm³/mol. The Hall–Kier alpha value is -2.56. The van der Waals surface area contributed by atoms with E-state index in [1.165, 1.54) is 0 Å². The molecule has 1 unspecified atom stereocenters. The van der Waals surface area contributed by atoms with Gasteiger partial charge in [0.25, 0.3) is 0 Å². The van der Waals surface area contributed by atoms with E-state index in [9.17, 15) is 5.26 Å². The predicted octanol–water partition coefficient (Wildman–Crippen LogP) is 2.35. The van der Waals surface area contributed by atoms with E-state index in [0.717, 1.165) is 31.9 Å². The number of methoxy groups -OCH3 is 1. The average molecular weight is 342 g/mol. The Balaban J connectivity index is 1.71. The number of hydrogen-bond acceptors (Lipinski definition) is 7. The molecule has 1 aliphatic heterocycles. The number of rotatable bonds is 6. The molecule has 1 saturated heterocycles. The minimum Gasteiger partial charge on any atom is -0.497 e. The second kappa shape index (κ2) is 8.01. The SMILES string of the molecule is COc1cccc(-c2nc(C#N)c(NCC(C)N3CCOCC3)o2)c1. The lowest BCUT2D eigenvalue weighted by Gasteiger charge is -2.32. The maximum atomic E-state index is 9.33. The smallest absolute Gasteiger partial charge is 0.232 e. The number of anilines is 1. The molecule has 1 aromatic carbocycles. The van der Waals surface area contributed by atoms with Crippen LogP contribution in [-0.2, 0) is 4.74 Å². The van der Waals surface area contributed by atoms with Crippen molar-refractivity contribution >= 4 is 5.88 Å². The highest BCUT2D eigenvalue weighted by atomic mass is 16.5. The van der Waals surface area contributed by atoms with E-state index in [4.69, 9.17) is 13.9 Å². The van der Waals surface area contributed by atoms with Crippen LogP contribution < -0.4 is 10.1 Å². The normalized spacial score (nSPS) is 16.2. The molecule has 2 heterocycles. The van der Waals surface area contributed by atoms with Gasteiger partial charge in [0.15, 0.2) is 0 Å². The van der Waals surface area contributed by atoms with Gasteiger partial charge in [0, 0.05) is 31.2 Å². The highest BCUT2D eigenvalue weighted by Crippen LogP contribution is 2.27. The van der Waals surface area contributed by atoms with E-state index in [2.05, 4.69) is 28.2 Å². The summed E-state index contributed by atoms with van der Waals surface area (Å²) in [4.78, 5) is 6.63. The summed E-state index contributed by atoms with van der Waals surface area (Å²) in [6, 6.07) is 9.80. The summed E-state index contributed by atoms with van der Waals surface area (Å²) in [5.41, 5.74) is 1.03. The molecule has 0 radical (unpaired) electrons. The van der Waals surface area contributed by atoms with E-state index < -0.39 is 0 Å². The molecule has 0 bridgehead atoms. The van der Waals surface area contributed by atoms with Gasteiger partial charge in [-0.15, -0.1) is 0 Å². The molecular formula is C18H22N4O3. The lowest BCUT2D eigenvalue weighted by Crippen LogP contribution is -2.45. The molecule has 0 aliphatic carbocycles. The van der Waals surface area contributed by atoms with Crippen LogP contribution in [0.25, 0.3) is 11.5 Å². The summed E-state index contributed by atoms with van der Waals surface area (Å²) in [6.45, 7) is 6.16. The highest BCUT2D eigenvalue weighted by Gasteiger charge is 2.19. The first-order valence-electron chi connectivity index (χ1n) is 8.32. The van der Waals surface area contributed by atoms with Crippen LogP contribution in [0.15, 0.2) is 28.7 Å². The Labute approximate surface area is 147 Å². The van der Waals surface area contributed by atoms with Gasteiger partial charge in [-0.2, -0.15) is 10.2 Å². The van der Waals surface area contributed by atoms with Crippen LogP contribution in [0, 0.1) is 11.3 Å². The fourth-order valence-corrected chi connectivity index (χ4v) is 2.78. The number of oxazole rings is 1. The maximum absolute atomic E-state index is 9.33. The molecule has 0 spiro atoms. The van der Waals surface area contributed by atoms with Gasteiger partial charge in [-0.25, -0.2) is 0 Å². The minimum absolute atomic E-state index is 0.256. The van der Waals surface area contributed by atoms with Crippen LogP contribution in [-0.4, -0.2) is 55.9 Å². The van der Waals surface area contributed by atoms with Crippen LogP contribution in [0.3, 0.4) is 0 Å². The van der Waals surface area contributed by atoms with Crippen LogP contribution >= 0.6 is 0 Å². The molecule has 2 aromatic rings. The highest BCUT2D eigenvalue weighted by molar-refractivity contribution is 5.60. The van der Waals surface area contributed by atoms with Crippen molar-refractivity contribution in [2.24, 2.45) is 0 Å². The number of benzene rings is 1. The molecule has 7 heteroatoms. The van der Waals surface area contributed by atoms with Gasteiger partial charge in [0.05, 0.1) is 20.3 Å². The molecule has 1 aromatic heterocycles. The maximum Gasteiger partial charge on any atom is 0.232 e. The summed E-state index contributed by atoms with van der Waals surface area (Å²) in [6.07, 6.45) is 0. The molecule has 3 rings (SSSR count). The zero-order valence-corrected chi connectivity index (χ0v) is 14.5. The number of nitriles is 1. The van der Waals surface area contributed by atoms with Crippen LogP contribution in [0.5, 0.6) is 5.75 Å². The Kier molecular flexibility index (Phi) is 5.53. The Morgan fingerprint density at radius 3 is 2.92 bits per heavy atom. The van der Waals surface area contributed by atoms with Crippen molar-refractivity contribution < 1.29 is 13.9 Å². The summed E-state index contributed by atoms with van der Waals surface area (Å²) in [7, 11) is 1.61. The van der Waals surface area contributed by atoms with Crippen molar-refractivity contribution in [1.29, 1.82) is 5.26 Å². The van der Waals surface area contributed by atoms with Gasteiger partial charge in [-0.3, -0.25) is 4.90 Å². The van der Waals surface area contributed by atoms with Gasteiger partial charge in [0.2, 0.25) is 17.5 Å². The third kappa shape index (κ3) is 4.10. The van der Waals surface area contributed by atoms with Gasteiger partial charge in [-0.05, 0) is 25.1 Å². The zero-order valence-electron chi connectivity index (χ0n) is 14.5. The standard InChI is InChI=1S/C18H22N4O3/c1-13(22-6-8-24-9-7-22)12-20-18-16(11-19)21-17(25-18)14-4-3-5-15(10-14)23-2/h3-5,10,13,20H,6-9,12H2,1-2H3. The van der Waals surface area contributed by atoms with Crippen molar-refractivity contribution in [2.75, 3.05) is 45.3 Å². The number of aromatic nitrogens is 1. The Morgan fingerprint density at radius 2 is 2.20 bits per heavy atom. The van der Waals surface area contributed by atoms with Crippen LogP contribution in [0.4, 0.5) is 5.88 Å². The molecule has 1 N–H and O–H groups in total. The van der Waals surface area contributed by atoms with Gasteiger partial charge in [0.1, 0.15) is 11.8 Å². The topological polar surface area (TPSA) is 83.5 Å². The fourth-order valence-electron chi connectivity index (χ4n) is 2.78. The Bertz CT molecular complexity index is 747. The Morgan fingerprint density at radius 1 is 1.40 bits per heavy atom. The van der Waals surface area contributed by atoms with E-state index in [0.29, 0.717) is 30.1 Å². The lowest BCUT2D eigenvalue weighted by atomic mass is 10.2. The minimum atomic E-state index is 0.256. The molecular weight excluding hydrogens is 320 g/mol. The molecule has 25 heavy (non-hydrogen) atoms. The first kappa shape index (κ1) is 17.3. The summed E-state index contributed by atoms with van der Waals surface area (Å²) < 4.78 is 16.4. The molecule has 1 fully saturated rings. The average Bonchev–Trinajstić information content (AvgIpc) is 3.10. The zero-order chi connectivity index (χ0) is 17.6. The van der Waals surface area contributed by atoms with Crippen molar-refractivity contribution in [1.82, 2.24) is 9.88 Å². The number of nitrogens with one attached hydrogen (secondary N) is 1. The summed E-state index contributed by atoms with van der Waals surface area (Å²) in [5, 5.41) is 12.5. The first-order chi connectivity index (χ1) is 12.2. The second-order valence-corrected chi connectivity index (χ2v) is 5.92. The number of ether oxygens (including phenoxy) is 2. The quantitative estimate of drug-likeness (QED) is 0.862. The van der Waals surface area contributed by atoms with Gasteiger partial charge < -0.3 is 19.2 Å². The van der Waals surface area contributed by atoms with E-state index >= 15 is 0 Å². The van der Waals surface area contributed by atoms with Crippen LogP contribution in [0.1, 0.15) is 12.6 Å².